The van der Waals surface area contributed by atoms with E-state index in [1.165, 1.54) is 0 Å². The summed E-state index contributed by atoms with van der Waals surface area (Å²) in [6, 6.07) is 3.16. The second-order valence-corrected chi connectivity index (χ2v) is 4.44. The summed E-state index contributed by atoms with van der Waals surface area (Å²) in [5.74, 6) is -3.65. The SMILES string of the molecule is Cc1cc(CN2C(=O)C(=O)c3cc(F)c(F)cc32)on1. The molecular weight excluding hydrogens is 270 g/mol. The van der Waals surface area contributed by atoms with Crippen molar-refractivity contribution in [1.29, 1.82) is 0 Å². The van der Waals surface area contributed by atoms with Crippen LogP contribution in [0.25, 0.3) is 0 Å². The third-order valence-corrected chi connectivity index (χ3v) is 3.00. The number of Topliss-reactive ketones (excluding diaryl/α,β-unsaturated/α-hetero) is 1. The summed E-state index contributed by atoms with van der Waals surface area (Å²) >= 11 is 0. The van der Waals surface area contributed by atoms with Crippen molar-refractivity contribution >= 4 is 17.4 Å². The summed E-state index contributed by atoms with van der Waals surface area (Å²) in [7, 11) is 0. The number of carbonyl (C=O) groups is 2. The molecule has 0 unspecified atom stereocenters. The molecule has 0 aliphatic carbocycles. The summed E-state index contributed by atoms with van der Waals surface area (Å²) in [4.78, 5) is 24.6. The topological polar surface area (TPSA) is 63.4 Å². The standard InChI is InChI=1S/C13H8F2N2O3/c1-6-2-7(20-16-6)5-17-11-4-10(15)9(14)3-8(11)12(18)13(17)19/h2-4H,5H2,1H3. The van der Waals surface area contributed by atoms with Crippen LogP contribution in [0.2, 0.25) is 0 Å². The van der Waals surface area contributed by atoms with Gasteiger partial charge in [0.25, 0.3) is 11.7 Å². The molecule has 0 saturated carbocycles. The first-order valence-electron chi connectivity index (χ1n) is 5.75. The molecule has 102 valence electrons. The molecule has 3 rings (SSSR count). The van der Waals surface area contributed by atoms with E-state index in [4.69, 9.17) is 4.52 Å². The maximum absolute atomic E-state index is 13.3. The van der Waals surface area contributed by atoms with E-state index in [0.29, 0.717) is 11.5 Å². The molecule has 2 aromatic rings. The number of amides is 1. The number of ketones is 1. The lowest BCUT2D eigenvalue weighted by Crippen LogP contribution is -2.29. The van der Waals surface area contributed by atoms with Gasteiger partial charge < -0.3 is 4.52 Å². The van der Waals surface area contributed by atoms with E-state index in [0.717, 1.165) is 17.0 Å². The van der Waals surface area contributed by atoms with E-state index in [1.54, 1.807) is 13.0 Å². The van der Waals surface area contributed by atoms with E-state index in [9.17, 15) is 18.4 Å². The Morgan fingerprint density at radius 2 is 1.90 bits per heavy atom. The van der Waals surface area contributed by atoms with Crippen molar-refractivity contribution in [3.63, 3.8) is 0 Å². The predicted molar refractivity (Wildman–Crippen MR) is 63.1 cm³/mol. The minimum atomic E-state index is -1.16. The van der Waals surface area contributed by atoms with Gasteiger partial charge in [0.05, 0.1) is 23.5 Å². The molecule has 0 atom stereocenters. The van der Waals surface area contributed by atoms with Gasteiger partial charge in [0.2, 0.25) is 0 Å². The number of halogens is 2. The van der Waals surface area contributed by atoms with Crippen LogP contribution in [0.15, 0.2) is 22.7 Å². The maximum Gasteiger partial charge on any atom is 0.299 e. The zero-order valence-electron chi connectivity index (χ0n) is 10.3. The van der Waals surface area contributed by atoms with Gasteiger partial charge in [-0.15, -0.1) is 0 Å². The van der Waals surface area contributed by atoms with E-state index < -0.39 is 23.3 Å². The molecule has 0 radical (unpaired) electrons. The van der Waals surface area contributed by atoms with Gasteiger partial charge in [-0.2, -0.15) is 0 Å². The average molecular weight is 278 g/mol. The Labute approximate surface area is 111 Å². The lowest BCUT2D eigenvalue weighted by Gasteiger charge is -2.14. The van der Waals surface area contributed by atoms with Gasteiger partial charge in [0, 0.05) is 12.1 Å². The van der Waals surface area contributed by atoms with Gasteiger partial charge in [-0.25, -0.2) is 8.78 Å². The minimum absolute atomic E-state index is 0.0351. The van der Waals surface area contributed by atoms with Crippen LogP contribution in [0.5, 0.6) is 0 Å². The number of anilines is 1. The van der Waals surface area contributed by atoms with Crippen molar-refractivity contribution in [2.45, 2.75) is 13.5 Å². The molecule has 1 amide bonds. The highest BCUT2D eigenvalue weighted by Crippen LogP contribution is 2.32. The van der Waals surface area contributed by atoms with Crippen LogP contribution in [0, 0.1) is 18.6 Å². The molecule has 1 aromatic heterocycles. The van der Waals surface area contributed by atoms with Crippen molar-refractivity contribution < 1.29 is 22.9 Å². The quantitative estimate of drug-likeness (QED) is 0.788. The van der Waals surface area contributed by atoms with Gasteiger partial charge >= 0.3 is 0 Å². The van der Waals surface area contributed by atoms with Gasteiger partial charge in [-0.1, -0.05) is 5.16 Å². The molecule has 2 heterocycles. The molecule has 0 bridgehead atoms. The summed E-state index contributed by atoms with van der Waals surface area (Å²) in [6.07, 6.45) is 0. The van der Waals surface area contributed by atoms with Gasteiger partial charge in [-0.05, 0) is 13.0 Å². The maximum atomic E-state index is 13.3. The van der Waals surface area contributed by atoms with Crippen molar-refractivity contribution in [1.82, 2.24) is 5.16 Å². The number of aryl methyl sites for hydroxylation is 1. The van der Waals surface area contributed by atoms with Gasteiger partial charge in [0.1, 0.15) is 0 Å². The smallest absolute Gasteiger partial charge is 0.299 e. The second-order valence-electron chi connectivity index (χ2n) is 4.44. The molecule has 1 aliphatic heterocycles. The van der Waals surface area contributed by atoms with Crippen LogP contribution >= 0.6 is 0 Å². The number of hydrogen-bond donors (Lipinski definition) is 0. The second kappa shape index (κ2) is 4.22. The summed E-state index contributed by atoms with van der Waals surface area (Å²) in [5, 5.41) is 3.66. The van der Waals surface area contributed by atoms with Crippen molar-refractivity contribution in [3.05, 3.63) is 46.9 Å². The molecule has 1 aromatic carbocycles. The highest BCUT2D eigenvalue weighted by molar-refractivity contribution is 6.52. The van der Waals surface area contributed by atoms with Crippen molar-refractivity contribution in [2.75, 3.05) is 4.90 Å². The highest BCUT2D eigenvalue weighted by atomic mass is 19.2. The average Bonchev–Trinajstić information content (AvgIpc) is 2.90. The first-order chi connectivity index (χ1) is 9.47. The zero-order valence-corrected chi connectivity index (χ0v) is 10.3. The number of hydrogen-bond acceptors (Lipinski definition) is 4. The molecule has 20 heavy (non-hydrogen) atoms. The van der Waals surface area contributed by atoms with Gasteiger partial charge in [-0.3, -0.25) is 14.5 Å². The monoisotopic (exact) mass is 278 g/mol. The molecule has 0 spiro atoms. The zero-order chi connectivity index (χ0) is 14.4. The fourth-order valence-corrected chi connectivity index (χ4v) is 2.09. The number of fused-ring (bicyclic) bond motifs is 1. The van der Waals surface area contributed by atoms with Crippen LogP contribution in [-0.4, -0.2) is 16.8 Å². The molecule has 5 nitrogen and oxygen atoms in total. The Balaban J connectivity index is 2.03. The third kappa shape index (κ3) is 1.78. The fourth-order valence-electron chi connectivity index (χ4n) is 2.09. The Bertz CT molecular complexity index is 739. The van der Waals surface area contributed by atoms with Crippen LogP contribution < -0.4 is 4.90 Å². The van der Waals surface area contributed by atoms with Crippen LogP contribution in [0.3, 0.4) is 0 Å². The molecule has 0 saturated heterocycles. The van der Waals surface area contributed by atoms with Gasteiger partial charge in [0.15, 0.2) is 17.4 Å². The molecule has 1 aliphatic rings. The van der Waals surface area contributed by atoms with E-state index >= 15 is 0 Å². The highest BCUT2D eigenvalue weighted by Gasteiger charge is 2.37. The first kappa shape index (κ1) is 12.5. The Kier molecular flexibility index (Phi) is 2.63. The molecule has 0 fully saturated rings. The van der Waals surface area contributed by atoms with E-state index in [2.05, 4.69) is 5.16 Å². The van der Waals surface area contributed by atoms with Crippen LogP contribution in [0.1, 0.15) is 21.8 Å². The number of benzene rings is 1. The Morgan fingerprint density at radius 1 is 1.20 bits per heavy atom. The first-order valence-corrected chi connectivity index (χ1v) is 5.75. The molecule has 7 heteroatoms. The third-order valence-electron chi connectivity index (χ3n) is 3.00. The van der Waals surface area contributed by atoms with E-state index in [-0.39, 0.29) is 17.8 Å². The number of rotatable bonds is 2. The number of aromatic nitrogens is 1. The Hall–Kier alpha value is -2.57. The number of carbonyl (C=O) groups excluding carboxylic acids is 2. The van der Waals surface area contributed by atoms with E-state index in [1.807, 2.05) is 0 Å². The number of nitrogens with zero attached hydrogens (tertiary/aromatic N) is 2. The lowest BCUT2D eigenvalue weighted by atomic mass is 10.1. The summed E-state index contributed by atoms with van der Waals surface area (Å²) in [5.41, 5.74) is 0.501. The molecular formula is C13H8F2N2O3. The minimum Gasteiger partial charge on any atom is -0.359 e. The molecule has 0 N–H and O–H groups in total. The Morgan fingerprint density at radius 3 is 2.55 bits per heavy atom. The van der Waals surface area contributed by atoms with Crippen LogP contribution in [-0.2, 0) is 11.3 Å². The van der Waals surface area contributed by atoms with Crippen molar-refractivity contribution in [3.8, 4) is 0 Å². The predicted octanol–water partition coefficient (Wildman–Crippen LogP) is 1.99. The summed E-state index contributed by atoms with van der Waals surface area (Å²) in [6.45, 7) is 1.64. The summed E-state index contributed by atoms with van der Waals surface area (Å²) < 4.78 is 31.4. The fraction of sp³-hybridized carbons (Fsp3) is 0.154. The largest absolute Gasteiger partial charge is 0.359 e. The van der Waals surface area contributed by atoms with Crippen LogP contribution in [0.4, 0.5) is 14.5 Å². The van der Waals surface area contributed by atoms with Crippen molar-refractivity contribution in [2.24, 2.45) is 0 Å². The normalized spacial score (nSPS) is 14.1. The lowest BCUT2D eigenvalue weighted by molar-refractivity contribution is -0.114.